The zero-order valence-corrected chi connectivity index (χ0v) is 11.4. The predicted octanol–water partition coefficient (Wildman–Crippen LogP) is 3.98. The average Bonchev–Trinajstić information content (AvgIpc) is 2.26. The SMILES string of the molecule is Cc1ccc2c(c1)SNC(SCC(C)C)=N2. The normalized spacial score (nSPS) is 14.4. The number of amidine groups is 1. The highest BCUT2D eigenvalue weighted by atomic mass is 32.2. The Balaban J connectivity index is 2.12. The molecule has 4 heteroatoms. The van der Waals surface area contributed by atoms with Gasteiger partial charge in [0.05, 0.1) is 10.6 Å². The van der Waals surface area contributed by atoms with Crippen LogP contribution in [-0.2, 0) is 0 Å². The zero-order chi connectivity index (χ0) is 11.5. The van der Waals surface area contributed by atoms with Crippen LogP contribution in [0, 0.1) is 12.8 Å². The Morgan fingerprint density at radius 2 is 2.25 bits per heavy atom. The fraction of sp³-hybridized carbons (Fsp3) is 0.417. The first-order chi connectivity index (χ1) is 7.65. The van der Waals surface area contributed by atoms with Gasteiger partial charge in [0.15, 0.2) is 5.17 Å². The van der Waals surface area contributed by atoms with E-state index in [4.69, 9.17) is 0 Å². The number of benzene rings is 1. The average molecular weight is 252 g/mol. The molecular weight excluding hydrogens is 236 g/mol. The van der Waals surface area contributed by atoms with Crippen LogP contribution in [0.1, 0.15) is 19.4 Å². The quantitative estimate of drug-likeness (QED) is 0.806. The Hall–Kier alpha value is -0.610. The van der Waals surface area contributed by atoms with Crippen LogP contribution in [0.5, 0.6) is 0 Å². The summed E-state index contributed by atoms with van der Waals surface area (Å²) in [6.45, 7) is 6.55. The monoisotopic (exact) mass is 252 g/mol. The molecule has 1 N–H and O–H groups in total. The minimum Gasteiger partial charge on any atom is -0.305 e. The van der Waals surface area contributed by atoms with Crippen molar-refractivity contribution in [1.29, 1.82) is 0 Å². The van der Waals surface area contributed by atoms with Crippen molar-refractivity contribution in [1.82, 2.24) is 4.72 Å². The molecular formula is C12H16N2S2. The largest absolute Gasteiger partial charge is 0.305 e. The second-order valence-electron chi connectivity index (χ2n) is 4.30. The third kappa shape index (κ3) is 2.95. The topological polar surface area (TPSA) is 24.4 Å². The molecule has 1 heterocycles. The molecule has 1 aliphatic heterocycles. The van der Waals surface area contributed by atoms with Crippen LogP contribution in [0.2, 0.25) is 0 Å². The van der Waals surface area contributed by atoms with E-state index in [2.05, 4.69) is 48.7 Å². The second kappa shape index (κ2) is 5.15. The van der Waals surface area contributed by atoms with Crippen LogP contribution in [0.15, 0.2) is 28.1 Å². The van der Waals surface area contributed by atoms with Gasteiger partial charge in [-0.25, -0.2) is 4.99 Å². The molecule has 0 radical (unpaired) electrons. The highest BCUT2D eigenvalue weighted by Crippen LogP contribution is 2.33. The van der Waals surface area contributed by atoms with Gasteiger partial charge in [-0.1, -0.05) is 31.7 Å². The van der Waals surface area contributed by atoms with E-state index >= 15 is 0 Å². The Morgan fingerprint density at radius 3 is 3.00 bits per heavy atom. The molecule has 0 fully saturated rings. The summed E-state index contributed by atoms with van der Waals surface area (Å²) in [7, 11) is 0. The molecule has 0 spiro atoms. The molecule has 0 saturated heterocycles. The van der Waals surface area contributed by atoms with E-state index in [-0.39, 0.29) is 0 Å². The number of nitrogens with zero attached hydrogens (tertiary/aromatic N) is 1. The standard InChI is InChI=1S/C12H16N2S2/c1-8(2)7-15-12-13-10-5-4-9(3)6-11(10)16-14-12/h4-6,8H,7H2,1-3H3,(H,13,14). The predicted molar refractivity (Wildman–Crippen MR) is 74.6 cm³/mol. The number of hydrogen-bond donors (Lipinski definition) is 1. The van der Waals surface area contributed by atoms with Gasteiger partial charge in [0.1, 0.15) is 0 Å². The summed E-state index contributed by atoms with van der Waals surface area (Å²) in [5, 5.41) is 1.02. The van der Waals surface area contributed by atoms with Crippen LogP contribution in [0.25, 0.3) is 0 Å². The van der Waals surface area contributed by atoms with E-state index < -0.39 is 0 Å². The van der Waals surface area contributed by atoms with Crippen molar-refractivity contribution in [3.8, 4) is 0 Å². The summed E-state index contributed by atoms with van der Waals surface area (Å²) >= 11 is 3.45. The lowest BCUT2D eigenvalue weighted by Crippen LogP contribution is -2.16. The van der Waals surface area contributed by atoms with Crippen molar-refractivity contribution in [2.45, 2.75) is 25.7 Å². The first kappa shape index (κ1) is 11.9. The number of rotatable bonds is 2. The lowest BCUT2D eigenvalue weighted by Gasteiger charge is -2.16. The van der Waals surface area contributed by atoms with Crippen LogP contribution >= 0.6 is 23.7 Å². The molecule has 0 unspecified atom stereocenters. The van der Waals surface area contributed by atoms with E-state index in [1.54, 1.807) is 23.7 Å². The molecule has 86 valence electrons. The van der Waals surface area contributed by atoms with Crippen molar-refractivity contribution < 1.29 is 0 Å². The van der Waals surface area contributed by atoms with E-state index in [1.165, 1.54) is 10.5 Å². The number of nitrogens with one attached hydrogen (secondary N) is 1. The maximum Gasteiger partial charge on any atom is 0.172 e. The molecule has 1 aromatic rings. The summed E-state index contributed by atoms with van der Waals surface area (Å²) in [5.74, 6) is 1.80. The summed E-state index contributed by atoms with van der Waals surface area (Å²) < 4.78 is 3.29. The van der Waals surface area contributed by atoms with Gasteiger partial charge in [0.2, 0.25) is 0 Å². The Bertz CT molecular complexity index is 413. The minimum absolute atomic E-state index is 0.693. The molecule has 0 atom stereocenters. The van der Waals surface area contributed by atoms with Crippen molar-refractivity contribution in [2.75, 3.05) is 5.75 Å². The highest BCUT2D eigenvalue weighted by Gasteiger charge is 2.12. The summed E-state index contributed by atoms with van der Waals surface area (Å²) in [6.07, 6.45) is 0. The van der Waals surface area contributed by atoms with E-state index in [0.717, 1.165) is 16.6 Å². The minimum atomic E-state index is 0.693. The number of hydrogen-bond acceptors (Lipinski definition) is 4. The summed E-state index contributed by atoms with van der Waals surface area (Å²) in [5.41, 5.74) is 2.36. The van der Waals surface area contributed by atoms with Crippen molar-refractivity contribution >= 4 is 34.6 Å². The lowest BCUT2D eigenvalue weighted by atomic mass is 10.2. The third-order valence-electron chi connectivity index (χ3n) is 2.14. The van der Waals surface area contributed by atoms with Crippen LogP contribution in [0.4, 0.5) is 5.69 Å². The van der Waals surface area contributed by atoms with Crippen LogP contribution in [-0.4, -0.2) is 10.9 Å². The summed E-state index contributed by atoms with van der Waals surface area (Å²) in [4.78, 5) is 5.82. The molecule has 16 heavy (non-hydrogen) atoms. The molecule has 0 aromatic heterocycles. The van der Waals surface area contributed by atoms with Crippen LogP contribution < -0.4 is 4.72 Å². The van der Waals surface area contributed by atoms with Gasteiger partial charge in [-0.3, -0.25) is 0 Å². The smallest absolute Gasteiger partial charge is 0.172 e. The second-order valence-corrected chi connectivity index (χ2v) is 6.15. The maximum absolute atomic E-state index is 4.61. The molecule has 2 nitrogen and oxygen atoms in total. The highest BCUT2D eigenvalue weighted by molar-refractivity contribution is 8.15. The maximum atomic E-state index is 4.61. The molecule has 1 aliphatic rings. The number of thioether (sulfide) groups is 1. The molecule has 0 aliphatic carbocycles. The fourth-order valence-corrected chi connectivity index (χ4v) is 3.05. The lowest BCUT2D eigenvalue weighted by molar-refractivity contribution is 0.752. The van der Waals surface area contributed by atoms with Gasteiger partial charge in [-0.05, 0) is 42.5 Å². The van der Waals surface area contributed by atoms with E-state index in [1.807, 2.05) is 0 Å². The molecule has 1 aromatic carbocycles. The fourth-order valence-electron chi connectivity index (χ4n) is 1.33. The van der Waals surface area contributed by atoms with E-state index in [0.29, 0.717) is 5.92 Å². The number of aryl methyl sites for hydroxylation is 1. The van der Waals surface area contributed by atoms with Crippen molar-refractivity contribution in [2.24, 2.45) is 10.9 Å². The Morgan fingerprint density at radius 1 is 1.44 bits per heavy atom. The molecule has 2 rings (SSSR count). The zero-order valence-electron chi connectivity index (χ0n) is 9.78. The van der Waals surface area contributed by atoms with E-state index in [9.17, 15) is 0 Å². The number of fused-ring (bicyclic) bond motifs is 1. The summed E-state index contributed by atoms with van der Waals surface area (Å²) in [6, 6.07) is 6.37. The molecule has 0 saturated carbocycles. The first-order valence-corrected chi connectivity index (χ1v) is 7.20. The van der Waals surface area contributed by atoms with Gasteiger partial charge in [-0.15, -0.1) is 0 Å². The van der Waals surface area contributed by atoms with Crippen molar-refractivity contribution in [3.05, 3.63) is 23.8 Å². The first-order valence-electron chi connectivity index (χ1n) is 5.40. The van der Waals surface area contributed by atoms with Crippen molar-refractivity contribution in [3.63, 3.8) is 0 Å². The molecule has 0 bridgehead atoms. The van der Waals surface area contributed by atoms with Gasteiger partial charge in [0.25, 0.3) is 0 Å². The Kier molecular flexibility index (Phi) is 3.82. The third-order valence-corrected chi connectivity index (χ3v) is 4.41. The van der Waals surface area contributed by atoms with Gasteiger partial charge >= 0.3 is 0 Å². The van der Waals surface area contributed by atoms with Gasteiger partial charge in [0, 0.05) is 5.75 Å². The van der Waals surface area contributed by atoms with Crippen LogP contribution in [0.3, 0.4) is 0 Å². The number of aliphatic imine (C=N–C) groups is 1. The Labute approximate surface area is 105 Å². The van der Waals surface area contributed by atoms with Gasteiger partial charge < -0.3 is 4.72 Å². The van der Waals surface area contributed by atoms with Gasteiger partial charge in [-0.2, -0.15) is 0 Å². The molecule has 0 amide bonds.